The van der Waals surface area contributed by atoms with E-state index in [9.17, 15) is 22.8 Å². The number of para-hydroxylation sites is 1. The van der Waals surface area contributed by atoms with E-state index in [1.807, 2.05) is 6.07 Å². The number of carbonyl (C=O) groups excluding carboxylic acids is 2. The summed E-state index contributed by atoms with van der Waals surface area (Å²) in [5.41, 5.74) is 0.316. The number of aromatic nitrogens is 4. The molecule has 0 saturated heterocycles. The van der Waals surface area contributed by atoms with Crippen molar-refractivity contribution in [2.75, 3.05) is 11.9 Å². The smallest absolute Gasteiger partial charge is 0.341 e. The molecule has 1 aliphatic rings. The zero-order chi connectivity index (χ0) is 24.3. The Labute approximate surface area is 194 Å². The van der Waals surface area contributed by atoms with Gasteiger partial charge >= 0.3 is 6.18 Å². The van der Waals surface area contributed by atoms with E-state index < -0.39 is 30.4 Å². The number of rotatable bonds is 7. The fourth-order valence-electron chi connectivity index (χ4n) is 4.20. The lowest BCUT2D eigenvalue weighted by atomic mass is 9.95. The Balaban J connectivity index is 1.54. The lowest BCUT2D eigenvalue weighted by Crippen LogP contribution is -2.50. The van der Waals surface area contributed by atoms with Gasteiger partial charge in [-0.15, -0.1) is 0 Å². The van der Waals surface area contributed by atoms with Crippen molar-refractivity contribution in [2.45, 2.75) is 51.0 Å². The van der Waals surface area contributed by atoms with Crippen LogP contribution in [0, 0.1) is 0 Å². The number of hydrogen-bond acceptors (Lipinski definition) is 4. The van der Waals surface area contributed by atoms with E-state index in [0.717, 1.165) is 11.1 Å². The summed E-state index contributed by atoms with van der Waals surface area (Å²) >= 11 is 0. The summed E-state index contributed by atoms with van der Waals surface area (Å²) in [5.74, 6) is -0.981. The lowest BCUT2D eigenvalue weighted by molar-refractivity contribution is -0.142. The van der Waals surface area contributed by atoms with Crippen molar-refractivity contribution in [1.82, 2.24) is 24.9 Å². The van der Waals surface area contributed by atoms with Crippen LogP contribution in [0.5, 0.6) is 0 Å². The normalized spacial score (nSPS) is 14.4. The molecule has 0 aliphatic heterocycles. The van der Waals surface area contributed by atoms with Gasteiger partial charge in [0.15, 0.2) is 5.69 Å². The summed E-state index contributed by atoms with van der Waals surface area (Å²) in [5, 5.41) is 10.5. The number of halogens is 3. The standard InChI is InChI=1S/C23H25F3N6O2/c1-30(16-8-3-2-4-9-16)22(34)18(14-31-13-7-12-27-31)28-20(33)15-32-19-11-6-5-10-17(19)21(29-32)23(24,25)26/h2-4,7-9,12-13,18H,5-6,10-11,14-15H2,1H3,(H,28,33)/t18-/m0/s1. The molecule has 1 aliphatic carbocycles. The van der Waals surface area contributed by atoms with Crippen molar-refractivity contribution in [3.63, 3.8) is 0 Å². The van der Waals surface area contributed by atoms with Gasteiger partial charge in [-0.3, -0.25) is 19.0 Å². The van der Waals surface area contributed by atoms with Gasteiger partial charge in [0.05, 0.1) is 6.54 Å². The number of hydrogen-bond donors (Lipinski definition) is 1. The fourth-order valence-corrected chi connectivity index (χ4v) is 4.20. The van der Waals surface area contributed by atoms with Crippen LogP contribution >= 0.6 is 0 Å². The largest absolute Gasteiger partial charge is 0.435 e. The molecular weight excluding hydrogens is 449 g/mol. The number of alkyl halides is 3. The molecule has 11 heteroatoms. The molecule has 1 aromatic carbocycles. The SMILES string of the molecule is CN(C(=O)[C@H](Cn1cccn1)NC(=O)Cn1nc(C(F)(F)F)c2c1CCCC2)c1ccccc1. The Morgan fingerprint density at radius 2 is 1.88 bits per heavy atom. The molecule has 1 N–H and O–H groups in total. The van der Waals surface area contributed by atoms with Crippen molar-refractivity contribution in [3.05, 3.63) is 65.7 Å². The van der Waals surface area contributed by atoms with Crippen molar-refractivity contribution >= 4 is 17.5 Å². The highest BCUT2D eigenvalue weighted by atomic mass is 19.4. The highest BCUT2D eigenvalue weighted by Crippen LogP contribution is 2.35. The molecule has 2 heterocycles. The van der Waals surface area contributed by atoms with Crippen LogP contribution in [-0.4, -0.2) is 44.5 Å². The maximum absolute atomic E-state index is 13.5. The minimum Gasteiger partial charge on any atom is -0.341 e. The number of anilines is 1. The van der Waals surface area contributed by atoms with Crippen LogP contribution in [0.25, 0.3) is 0 Å². The first-order valence-electron chi connectivity index (χ1n) is 11.0. The van der Waals surface area contributed by atoms with E-state index in [-0.39, 0.29) is 24.4 Å². The summed E-state index contributed by atoms with van der Waals surface area (Å²) in [6.07, 6.45) is 0.736. The van der Waals surface area contributed by atoms with E-state index >= 15 is 0 Å². The number of amides is 2. The molecule has 0 fully saturated rings. The Morgan fingerprint density at radius 3 is 2.56 bits per heavy atom. The molecule has 1 atom stereocenters. The third kappa shape index (κ3) is 5.13. The van der Waals surface area contributed by atoms with Crippen LogP contribution in [0.1, 0.15) is 29.8 Å². The van der Waals surface area contributed by atoms with Gasteiger partial charge in [-0.25, -0.2) is 0 Å². The van der Waals surface area contributed by atoms with Crippen LogP contribution < -0.4 is 10.2 Å². The lowest BCUT2D eigenvalue weighted by Gasteiger charge is -2.25. The molecule has 3 aromatic rings. The third-order valence-corrected chi connectivity index (χ3v) is 5.85. The van der Waals surface area contributed by atoms with Gasteiger partial charge in [0, 0.05) is 36.4 Å². The molecule has 0 saturated carbocycles. The molecule has 2 amide bonds. The molecule has 2 aromatic heterocycles. The maximum Gasteiger partial charge on any atom is 0.435 e. The molecule has 4 rings (SSSR count). The van der Waals surface area contributed by atoms with Gasteiger partial charge in [0.2, 0.25) is 5.91 Å². The summed E-state index contributed by atoms with van der Waals surface area (Å²) in [6.45, 7) is -0.337. The second-order valence-electron chi connectivity index (χ2n) is 8.22. The number of carbonyl (C=O) groups is 2. The highest BCUT2D eigenvalue weighted by Gasteiger charge is 2.39. The number of nitrogens with zero attached hydrogens (tertiary/aromatic N) is 5. The maximum atomic E-state index is 13.5. The van der Waals surface area contributed by atoms with Crippen molar-refractivity contribution in [2.24, 2.45) is 0 Å². The monoisotopic (exact) mass is 474 g/mol. The van der Waals surface area contributed by atoms with Gasteiger partial charge in [0.25, 0.3) is 5.91 Å². The van der Waals surface area contributed by atoms with E-state index in [1.54, 1.807) is 49.8 Å². The van der Waals surface area contributed by atoms with E-state index in [4.69, 9.17) is 0 Å². The van der Waals surface area contributed by atoms with Crippen LogP contribution in [0.15, 0.2) is 48.8 Å². The first-order chi connectivity index (χ1) is 16.2. The molecule has 0 bridgehead atoms. The summed E-state index contributed by atoms with van der Waals surface area (Å²) in [6, 6.07) is 9.65. The summed E-state index contributed by atoms with van der Waals surface area (Å²) in [4.78, 5) is 27.6. The third-order valence-electron chi connectivity index (χ3n) is 5.85. The van der Waals surface area contributed by atoms with Crippen LogP contribution in [0.3, 0.4) is 0 Å². The molecule has 8 nitrogen and oxygen atoms in total. The Kier molecular flexibility index (Phi) is 6.71. The van der Waals surface area contributed by atoms with Gasteiger partial charge < -0.3 is 10.2 Å². The van der Waals surface area contributed by atoms with Crippen LogP contribution in [0.4, 0.5) is 18.9 Å². The molecular formula is C23H25F3N6O2. The second-order valence-corrected chi connectivity index (χ2v) is 8.22. The van der Waals surface area contributed by atoms with E-state index in [2.05, 4.69) is 15.5 Å². The van der Waals surface area contributed by atoms with Crippen molar-refractivity contribution in [1.29, 1.82) is 0 Å². The van der Waals surface area contributed by atoms with Gasteiger partial charge in [-0.05, 0) is 43.9 Å². The molecule has 180 valence electrons. The second kappa shape index (κ2) is 9.70. The van der Waals surface area contributed by atoms with Gasteiger partial charge in [-0.1, -0.05) is 18.2 Å². The fraction of sp³-hybridized carbons (Fsp3) is 0.391. The minimum absolute atomic E-state index is 0.0692. The van der Waals surface area contributed by atoms with Crippen molar-refractivity contribution < 1.29 is 22.8 Å². The summed E-state index contributed by atoms with van der Waals surface area (Å²) < 4.78 is 43.0. The topological polar surface area (TPSA) is 85.0 Å². The Morgan fingerprint density at radius 1 is 1.15 bits per heavy atom. The highest BCUT2D eigenvalue weighted by molar-refractivity contribution is 5.98. The number of benzene rings is 1. The Bertz CT molecular complexity index is 1140. The molecule has 0 radical (unpaired) electrons. The number of likely N-dealkylation sites (N-methyl/N-ethyl adjacent to an activating group) is 1. The molecule has 0 spiro atoms. The number of nitrogens with one attached hydrogen (secondary N) is 1. The summed E-state index contributed by atoms with van der Waals surface area (Å²) in [7, 11) is 1.60. The first-order valence-corrected chi connectivity index (χ1v) is 11.0. The van der Waals surface area contributed by atoms with Crippen molar-refractivity contribution in [3.8, 4) is 0 Å². The zero-order valence-electron chi connectivity index (χ0n) is 18.6. The Hall–Kier alpha value is -3.63. The number of fused-ring (bicyclic) bond motifs is 1. The average molecular weight is 474 g/mol. The molecule has 34 heavy (non-hydrogen) atoms. The van der Waals surface area contributed by atoms with E-state index in [1.165, 1.54) is 9.58 Å². The average Bonchev–Trinajstić information content (AvgIpc) is 3.46. The predicted molar refractivity (Wildman–Crippen MR) is 118 cm³/mol. The van der Waals surface area contributed by atoms with Gasteiger partial charge in [0.1, 0.15) is 12.6 Å². The molecule has 0 unspecified atom stereocenters. The quantitative estimate of drug-likeness (QED) is 0.571. The first kappa shape index (κ1) is 23.5. The zero-order valence-corrected chi connectivity index (χ0v) is 18.6. The van der Waals surface area contributed by atoms with Gasteiger partial charge in [-0.2, -0.15) is 23.4 Å². The minimum atomic E-state index is -4.58. The van der Waals surface area contributed by atoms with Crippen LogP contribution in [-0.2, 0) is 41.7 Å². The predicted octanol–water partition coefficient (Wildman–Crippen LogP) is 2.83. The van der Waals surface area contributed by atoms with Crippen LogP contribution in [0.2, 0.25) is 0 Å². The van der Waals surface area contributed by atoms with E-state index in [0.29, 0.717) is 24.2 Å².